The fraction of sp³-hybridized carbons (Fsp3) is 1.00. The summed E-state index contributed by atoms with van der Waals surface area (Å²) < 4.78 is 17.4. The predicted octanol–water partition coefficient (Wildman–Crippen LogP) is -7.74. The van der Waals surface area contributed by atoms with E-state index in [1.54, 1.807) is 0 Å². The third kappa shape index (κ3) is 64.0. The Hall–Kier alpha value is 0.0600. The second kappa shape index (κ2) is 14.0. The van der Waals surface area contributed by atoms with Crippen molar-refractivity contribution in [3.63, 3.8) is 0 Å². The van der Waals surface area contributed by atoms with Crippen LogP contribution in [0.3, 0.4) is 0 Å². The van der Waals surface area contributed by atoms with E-state index in [9.17, 15) is 0 Å². The zero-order chi connectivity index (χ0) is 16.8. The van der Waals surface area contributed by atoms with Crippen molar-refractivity contribution in [1.29, 1.82) is 0 Å². The molecule has 0 saturated carbocycles. The van der Waals surface area contributed by atoms with Crippen molar-refractivity contribution in [2.75, 3.05) is 39.3 Å². The molecule has 12 nitrogen and oxygen atoms in total. The van der Waals surface area contributed by atoms with Gasteiger partial charge in [0.25, 0.3) is 7.82 Å². The lowest BCUT2D eigenvalue weighted by Crippen LogP contribution is -2.61. The first-order valence-electron chi connectivity index (χ1n) is 5.46. The van der Waals surface area contributed by atoms with Crippen molar-refractivity contribution in [1.82, 2.24) is 4.90 Å². The van der Waals surface area contributed by atoms with Crippen LogP contribution in [0, 0.1) is 0 Å². The third-order valence-corrected chi connectivity index (χ3v) is 1.42. The number of nitrogens with zero attached hydrogens (tertiary/aromatic N) is 1. The maximum Gasteiger partial charge on any atom is 0.262 e. The topological polar surface area (TPSA) is 250 Å². The molecule has 126 valence electrons. The quantitative estimate of drug-likeness (QED) is 0.250. The number of rotatable bonds is 6. The highest BCUT2D eigenvalue weighted by atomic mass is 31.2. The smallest absolute Gasteiger partial charge is 0.262 e. The molecular weight excluding hydrogens is 318 g/mol. The molecule has 0 fully saturated rings. The first kappa shape index (κ1) is 25.0. The van der Waals surface area contributed by atoms with Crippen molar-refractivity contribution >= 4 is 15.6 Å². The van der Waals surface area contributed by atoms with Gasteiger partial charge in [0.05, 0.1) is 27.5 Å². The van der Waals surface area contributed by atoms with Crippen molar-refractivity contribution in [3.05, 3.63) is 0 Å². The fourth-order valence-corrected chi connectivity index (χ4v) is 1.01. The zero-order valence-corrected chi connectivity index (χ0v) is 12.9. The molecule has 0 bridgehead atoms. The molecule has 0 aliphatic rings. The summed E-state index contributed by atoms with van der Waals surface area (Å²) in [7, 11) is -10.0. The van der Waals surface area contributed by atoms with E-state index in [-0.39, 0.29) is 0 Å². The van der Waals surface area contributed by atoms with Crippen LogP contribution in [0.2, 0.25) is 0 Å². The van der Waals surface area contributed by atoms with Crippen molar-refractivity contribution in [2.45, 2.75) is 0 Å². The molecule has 0 aromatic carbocycles. The first-order chi connectivity index (χ1) is 8.85. The van der Waals surface area contributed by atoms with E-state index in [0.29, 0.717) is 0 Å². The van der Waals surface area contributed by atoms with E-state index in [1.807, 2.05) is 0 Å². The minimum Gasteiger partial charge on any atom is -0.790 e. The molecule has 0 aromatic rings. The molecule has 0 radical (unpaired) electrons. The van der Waals surface area contributed by atoms with Crippen LogP contribution >= 0.6 is 15.6 Å². The second-order valence-corrected chi connectivity index (χ2v) is 5.28. The SMILES string of the molecule is O=P([O-])(O)O.O=P([O-])([O-])O.[NH3+]CCN(CC[NH3+])CC[NH3+]. The van der Waals surface area contributed by atoms with Gasteiger partial charge in [0.2, 0.25) is 0 Å². The van der Waals surface area contributed by atoms with E-state index in [1.165, 1.54) is 0 Å². The Labute approximate surface area is 116 Å². The zero-order valence-electron chi connectivity index (χ0n) is 11.1. The molecule has 0 aliphatic heterocycles. The summed E-state index contributed by atoms with van der Waals surface area (Å²) in [6, 6.07) is 0. The molecule has 0 heterocycles. The lowest BCUT2D eigenvalue weighted by Gasteiger charge is -2.19. The number of quaternary nitrogens is 3. The molecule has 20 heavy (non-hydrogen) atoms. The van der Waals surface area contributed by atoms with Gasteiger partial charge in [-0.2, -0.15) is 0 Å². The predicted molar refractivity (Wildman–Crippen MR) is 61.6 cm³/mol. The fourth-order valence-electron chi connectivity index (χ4n) is 1.01. The largest absolute Gasteiger partial charge is 0.790 e. The summed E-state index contributed by atoms with van der Waals surface area (Å²) >= 11 is 0. The van der Waals surface area contributed by atoms with Gasteiger partial charge in [-0.05, 0) is 0 Å². The lowest BCUT2D eigenvalue weighted by atomic mass is 10.4. The number of hydrogen-bond donors (Lipinski definition) is 6. The van der Waals surface area contributed by atoms with E-state index in [2.05, 4.69) is 22.1 Å². The Morgan fingerprint density at radius 1 is 0.800 bits per heavy atom. The van der Waals surface area contributed by atoms with Gasteiger partial charge in [-0.15, -0.1) is 0 Å². The van der Waals surface area contributed by atoms with Crippen LogP contribution in [0.5, 0.6) is 0 Å². The van der Waals surface area contributed by atoms with Gasteiger partial charge in [-0.3, -0.25) is 9.46 Å². The molecule has 0 aromatic heterocycles. The molecule has 0 aliphatic carbocycles. The Bertz CT molecular complexity index is 244. The normalized spacial score (nSPS) is 11.3. The molecule has 12 N–H and O–H groups in total. The van der Waals surface area contributed by atoms with Crippen LogP contribution in [0.4, 0.5) is 0 Å². The maximum atomic E-state index is 8.77. The molecule has 0 spiro atoms. The highest BCUT2D eigenvalue weighted by molar-refractivity contribution is 7.43. The van der Waals surface area contributed by atoms with Crippen LogP contribution in [0.1, 0.15) is 0 Å². The summed E-state index contributed by atoms with van der Waals surface area (Å²) in [5.41, 5.74) is 11.4. The molecule has 0 atom stereocenters. The van der Waals surface area contributed by atoms with Crippen LogP contribution in [-0.4, -0.2) is 58.8 Å². The Morgan fingerprint density at radius 2 is 0.950 bits per heavy atom. The lowest BCUT2D eigenvalue weighted by molar-refractivity contribution is -0.386. The Morgan fingerprint density at radius 3 is 1.05 bits per heavy atom. The molecule has 0 rings (SSSR count). The van der Waals surface area contributed by atoms with Gasteiger partial charge in [-0.25, -0.2) is 0 Å². The van der Waals surface area contributed by atoms with Crippen LogP contribution in [0.15, 0.2) is 0 Å². The van der Waals surface area contributed by atoms with Crippen molar-refractivity contribution in [2.24, 2.45) is 0 Å². The Balaban J connectivity index is -0.000000244. The van der Waals surface area contributed by atoms with E-state index in [4.69, 9.17) is 38.5 Å². The van der Waals surface area contributed by atoms with Crippen molar-refractivity contribution < 1.29 is 55.7 Å². The summed E-state index contributed by atoms with van der Waals surface area (Å²) in [5.74, 6) is 0. The summed E-state index contributed by atoms with van der Waals surface area (Å²) in [4.78, 5) is 49.6. The van der Waals surface area contributed by atoms with Gasteiger partial charge < -0.3 is 51.1 Å². The second-order valence-electron chi connectivity index (χ2n) is 3.36. The first-order valence-corrected chi connectivity index (χ1v) is 8.49. The monoisotopic (exact) mass is 342 g/mol. The minimum atomic E-state index is -5.14. The van der Waals surface area contributed by atoms with Gasteiger partial charge >= 0.3 is 0 Å². The molecule has 0 amide bonds. The van der Waals surface area contributed by atoms with Gasteiger partial charge in [0, 0.05) is 19.6 Å². The summed E-state index contributed by atoms with van der Waals surface area (Å²) in [6.07, 6.45) is 0. The average molecular weight is 342 g/mol. The van der Waals surface area contributed by atoms with Gasteiger partial charge in [0.15, 0.2) is 0 Å². The van der Waals surface area contributed by atoms with Gasteiger partial charge in [-0.1, -0.05) is 0 Å². The summed E-state index contributed by atoms with van der Waals surface area (Å²) in [5, 5.41) is 0. The standard InChI is InChI=1S/C6H18N4.2H3O4P/c7-1-4-10(5-2-8)6-3-9;2*1-5(2,3)4/h1-9H2;2*(H3,1,2,3,4). The van der Waals surface area contributed by atoms with E-state index in [0.717, 1.165) is 39.3 Å². The highest BCUT2D eigenvalue weighted by Gasteiger charge is 2.02. The van der Waals surface area contributed by atoms with E-state index >= 15 is 0 Å². The maximum absolute atomic E-state index is 8.77. The number of hydrogen-bond acceptors (Lipinski definition) is 6. The third-order valence-electron chi connectivity index (χ3n) is 1.42. The molecule has 0 saturated heterocycles. The van der Waals surface area contributed by atoms with Crippen LogP contribution in [0.25, 0.3) is 0 Å². The van der Waals surface area contributed by atoms with Crippen LogP contribution < -0.4 is 31.9 Å². The van der Waals surface area contributed by atoms with E-state index < -0.39 is 15.6 Å². The average Bonchev–Trinajstić information content (AvgIpc) is 2.13. The summed E-state index contributed by atoms with van der Waals surface area (Å²) in [6.45, 7) is 6.22. The minimum absolute atomic E-state index is 0.986. The Kier molecular flexibility index (Phi) is 17.5. The molecular formula is C6H24N4O8P2. The van der Waals surface area contributed by atoms with Crippen molar-refractivity contribution in [3.8, 4) is 0 Å². The highest BCUT2D eigenvalue weighted by Crippen LogP contribution is 2.18. The molecule has 14 heteroatoms. The molecule has 0 unspecified atom stereocenters. The van der Waals surface area contributed by atoms with Crippen LogP contribution in [-0.2, 0) is 9.13 Å². The number of phosphoric acid groups is 2. The van der Waals surface area contributed by atoms with Gasteiger partial charge in [0.1, 0.15) is 0 Å².